The lowest BCUT2D eigenvalue weighted by atomic mass is 10.1. The number of aliphatic hydroxyl groups excluding tert-OH is 1. The van der Waals surface area contributed by atoms with Crippen molar-refractivity contribution < 1.29 is 24.3 Å². The normalized spacial score (nSPS) is 20.8. The molecule has 0 spiro atoms. The van der Waals surface area contributed by atoms with Gasteiger partial charge in [-0.25, -0.2) is 0 Å². The Hall–Kier alpha value is -3.52. The highest BCUT2D eigenvalue weighted by Crippen LogP contribution is 2.24. The summed E-state index contributed by atoms with van der Waals surface area (Å²) in [5.74, 6) is -1.56. The highest BCUT2D eigenvalue weighted by Gasteiger charge is 2.44. The number of halogens is 3. The molecule has 0 aliphatic carbocycles. The minimum Gasteiger partial charge on any atom is -0.383 e. The van der Waals surface area contributed by atoms with Gasteiger partial charge in [-0.3, -0.25) is 24.2 Å². The van der Waals surface area contributed by atoms with Crippen molar-refractivity contribution in [2.24, 2.45) is 5.73 Å². The third-order valence-electron chi connectivity index (χ3n) is 7.92. The van der Waals surface area contributed by atoms with E-state index in [9.17, 15) is 24.3 Å². The lowest BCUT2D eigenvalue weighted by Gasteiger charge is -2.26. The van der Waals surface area contributed by atoms with E-state index >= 15 is 0 Å². The van der Waals surface area contributed by atoms with Gasteiger partial charge in [0.1, 0.15) is 12.1 Å². The van der Waals surface area contributed by atoms with Gasteiger partial charge in [0, 0.05) is 30.6 Å². The summed E-state index contributed by atoms with van der Waals surface area (Å²) in [6.07, 6.45) is 1.63. The Labute approximate surface area is 285 Å². The first-order valence-electron chi connectivity index (χ1n) is 14.5. The molecule has 3 heterocycles. The van der Waals surface area contributed by atoms with Gasteiger partial charge in [-0.1, -0.05) is 48.5 Å². The fourth-order valence-electron chi connectivity index (χ4n) is 5.69. The number of pyridine rings is 1. The van der Waals surface area contributed by atoms with Crippen molar-refractivity contribution >= 4 is 77.4 Å². The molecule has 2 saturated heterocycles. The van der Waals surface area contributed by atoms with Crippen molar-refractivity contribution in [1.29, 1.82) is 0 Å². The number of aryl methyl sites for hydroxylation is 1. The highest BCUT2D eigenvalue weighted by atomic mass is 35.5. The number of fused-ring (bicyclic) bond motifs is 1. The maximum atomic E-state index is 13.7. The number of benzene rings is 2. The Morgan fingerprint density at radius 2 is 1.70 bits per heavy atom. The number of aromatic nitrogens is 1. The molecule has 5 atom stereocenters. The van der Waals surface area contributed by atoms with Gasteiger partial charge in [-0.15, -0.1) is 37.2 Å². The molecule has 4 amide bonds. The molecule has 250 valence electrons. The third kappa shape index (κ3) is 9.74. The first-order valence-corrected chi connectivity index (χ1v) is 14.5. The van der Waals surface area contributed by atoms with E-state index in [1.807, 2.05) is 60.7 Å². The van der Waals surface area contributed by atoms with Crippen LogP contribution in [0.4, 0.5) is 5.69 Å². The fraction of sp³-hybridized carbons (Fsp3) is 0.387. The van der Waals surface area contributed by atoms with Crippen LogP contribution in [-0.4, -0.2) is 88.5 Å². The van der Waals surface area contributed by atoms with Gasteiger partial charge < -0.3 is 37.0 Å². The van der Waals surface area contributed by atoms with Gasteiger partial charge in [0.2, 0.25) is 23.6 Å². The number of nitrogens with one attached hydrogen (secondary N) is 4. The lowest BCUT2D eigenvalue weighted by Crippen LogP contribution is -2.50. The zero-order chi connectivity index (χ0) is 30.3. The van der Waals surface area contributed by atoms with Gasteiger partial charge in [-0.2, -0.15) is 0 Å². The van der Waals surface area contributed by atoms with Gasteiger partial charge in [0.05, 0.1) is 30.0 Å². The number of para-hydroxylation sites is 1. The van der Waals surface area contributed by atoms with E-state index in [1.165, 1.54) is 4.90 Å². The van der Waals surface area contributed by atoms with Gasteiger partial charge in [0.25, 0.3) is 0 Å². The third-order valence-corrected chi connectivity index (χ3v) is 7.92. The van der Waals surface area contributed by atoms with Crippen molar-refractivity contribution in [3.8, 4) is 0 Å². The minimum absolute atomic E-state index is 0. The number of carbonyl (C=O) groups is 4. The number of hydrogen-bond acceptors (Lipinski definition) is 8. The molecule has 5 rings (SSSR count). The fourth-order valence-corrected chi connectivity index (χ4v) is 5.69. The summed E-state index contributed by atoms with van der Waals surface area (Å²) in [6.45, 7) is 0.344. The molecule has 12 nitrogen and oxygen atoms in total. The molecule has 2 aromatic carbocycles. The second-order valence-electron chi connectivity index (χ2n) is 11.1. The van der Waals surface area contributed by atoms with Crippen LogP contribution in [0.25, 0.3) is 10.9 Å². The first-order chi connectivity index (χ1) is 20.8. The molecule has 46 heavy (non-hydrogen) atoms. The highest BCUT2D eigenvalue weighted by molar-refractivity contribution is 5.99. The minimum atomic E-state index is -1.23. The van der Waals surface area contributed by atoms with Crippen LogP contribution in [-0.2, 0) is 25.6 Å². The number of aliphatic hydroxyl groups is 1. The SMILES string of the molecule is Cl.Cl.Cl.NCC(=O)N[C@H]1CN[C@H](C(=O)N2C[C@H](NC(=O)[C@H](O)CCc3ccccc3)C[C@H]2C(=O)Nc2cnc3ccccc3c2)C1. The van der Waals surface area contributed by atoms with Gasteiger partial charge in [0.15, 0.2) is 0 Å². The standard InChI is InChI=1S/C31H37N7O5.3ClH/c32-15-28(40)35-22-13-25(34-17-22)31(43)38-18-23(37-30(42)27(39)11-10-19-6-2-1-3-7-19)14-26(38)29(41)36-21-12-20-8-4-5-9-24(20)33-16-21;;;/h1-9,12,16,22-23,25-27,34,39H,10-11,13-15,17-18,32H2,(H,35,40)(H,36,41)(H,37,42);3*1H/t22-,23-,25+,26+,27-;;;/m1.../s1. The molecule has 15 heteroatoms. The number of amides is 4. The van der Waals surface area contributed by atoms with Crippen molar-refractivity contribution in [2.45, 2.75) is 56.0 Å². The summed E-state index contributed by atoms with van der Waals surface area (Å²) < 4.78 is 0. The number of rotatable bonds is 10. The second-order valence-corrected chi connectivity index (χ2v) is 11.1. The van der Waals surface area contributed by atoms with Crippen molar-refractivity contribution in [1.82, 2.24) is 25.8 Å². The Kier molecular flexibility index (Phi) is 15.1. The Morgan fingerprint density at radius 3 is 2.43 bits per heavy atom. The van der Waals surface area contributed by atoms with Gasteiger partial charge >= 0.3 is 0 Å². The first kappa shape index (κ1) is 38.7. The zero-order valence-electron chi connectivity index (χ0n) is 25.0. The smallest absolute Gasteiger partial charge is 0.249 e. The maximum Gasteiger partial charge on any atom is 0.249 e. The maximum absolute atomic E-state index is 13.7. The van der Waals surface area contributed by atoms with E-state index in [1.54, 1.807) is 6.20 Å². The quantitative estimate of drug-likeness (QED) is 0.184. The summed E-state index contributed by atoms with van der Waals surface area (Å²) in [5.41, 5.74) is 7.69. The summed E-state index contributed by atoms with van der Waals surface area (Å²) in [5, 5.41) is 23.0. The molecule has 1 aromatic heterocycles. The van der Waals surface area contributed by atoms with E-state index in [0.29, 0.717) is 25.1 Å². The van der Waals surface area contributed by atoms with Crippen LogP contribution in [0.3, 0.4) is 0 Å². The number of likely N-dealkylation sites (tertiary alicyclic amines) is 1. The molecule has 0 bridgehead atoms. The summed E-state index contributed by atoms with van der Waals surface area (Å²) in [4.78, 5) is 57.7. The zero-order valence-corrected chi connectivity index (χ0v) is 27.4. The molecule has 2 aliphatic rings. The molecule has 0 saturated carbocycles. The number of nitrogens with zero attached hydrogens (tertiary/aromatic N) is 2. The van der Waals surface area contributed by atoms with Crippen LogP contribution >= 0.6 is 37.2 Å². The lowest BCUT2D eigenvalue weighted by molar-refractivity contribution is -0.138. The van der Waals surface area contributed by atoms with E-state index in [2.05, 4.69) is 26.3 Å². The van der Waals surface area contributed by atoms with E-state index < -0.39 is 36.0 Å². The van der Waals surface area contributed by atoms with Crippen LogP contribution in [0.2, 0.25) is 0 Å². The summed E-state index contributed by atoms with van der Waals surface area (Å²) in [7, 11) is 0. The number of nitrogens with two attached hydrogens (primary N) is 1. The van der Waals surface area contributed by atoms with Gasteiger partial charge in [-0.05, 0) is 43.4 Å². The molecule has 0 radical (unpaired) electrons. The number of anilines is 1. The number of carbonyl (C=O) groups excluding carboxylic acids is 4. The van der Waals surface area contributed by atoms with Crippen molar-refractivity contribution in [2.75, 3.05) is 25.0 Å². The largest absolute Gasteiger partial charge is 0.383 e. The van der Waals surface area contributed by atoms with E-state index in [0.717, 1.165) is 16.5 Å². The Morgan fingerprint density at radius 1 is 0.978 bits per heavy atom. The van der Waals surface area contributed by atoms with Crippen molar-refractivity contribution in [3.63, 3.8) is 0 Å². The second kappa shape index (κ2) is 18.0. The van der Waals surface area contributed by atoms with Crippen molar-refractivity contribution in [3.05, 3.63) is 72.4 Å². The molecule has 7 N–H and O–H groups in total. The molecule has 2 fully saturated rings. The summed E-state index contributed by atoms with van der Waals surface area (Å²) >= 11 is 0. The summed E-state index contributed by atoms with van der Waals surface area (Å²) in [6, 6.07) is 16.6. The molecule has 2 aliphatic heterocycles. The van der Waals surface area contributed by atoms with Crippen LogP contribution in [0, 0.1) is 0 Å². The molecule has 3 aromatic rings. The predicted octanol–water partition coefficient (Wildman–Crippen LogP) is 1.32. The van der Waals surface area contributed by atoms with Crippen LogP contribution in [0.5, 0.6) is 0 Å². The molecular formula is C31H40Cl3N7O5. The average molecular weight is 697 g/mol. The predicted molar refractivity (Wildman–Crippen MR) is 182 cm³/mol. The van der Waals surface area contributed by atoms with E-state index in [4.69, 9.17) is 5.73 Å². The number of hydrogen-bond donors (Lipinski definition) is 6. The topological polar surface area (TPSA) is 179 Å². The van der Waals surface area contributed by atoms with Crippen LogP contribution < -0.4 is 27.0 Å². The van der Waals surface area contributed by atoms with E-state index in [-0.39, 0.29) is 81.0 Å². The van der Waals surface area contributed by atoms with Crippen LogP contribution in [0.15, 0.2) is 66.9 Å². The Bertz CT molecular complexity index is 1490. The average Bonchev–Trinajstić information content (AvgIpc) is 3.67. The molecular weight excluding hydrogens is 657 g/mol. The monoisotopic (exact) mass is 695 g/mol. The molecule has 0 unspecified atom stereocenters. The Balaban J connectivity index is 0.00000245. The van der Waals surface area contributed by atoms with Crippen LogP contribution in [0.1, 0.15) is 24.8 Å².